The molecule has 1 aromatic rings. The van der Waals surface area contributed by atoms with Gasteiger partial charge in [0, 0.05) is 6.04 Å². The molecule has 1 aromatic carbocycles. The minimum absolute atomic E-state index is 0.156. The molecule has 3 atom stereocenters. The molecule has 3 N–H and O–H groups in total. The highest BCUT2D eigenvalue weighted by Gasteiger charge is 2.26. The Kier molecular flexibility index (Phi) is 2.85. The van der Waals surface area contributed by atoms with E-state index in [2.05, 4.69) is 12.1 Å². The largest absolute Gasteiger partial charge is 0.393 e. The van der Waals surface area contributed by atoms with Crippen molar-refractivity contribution in [2.45, 2.75) is 37.3 Å². The lowest BCUT2D eigenvalue weighted by molar-refractivity contribution is 0.109. The maximum absolute atomic E-state index is 9.63. The predicted molar refractivity (Wildman–Crippen MR) is 57.0 cm³/mol. The van der Waals surface area contributed by atoms with Crippen LogP contribution in [-0.2, 0) is 0 Å². The number of aliphatic hydroxyl groups is 1. The molecule has 14 heavy (non-hydrogen) atoms. The van der Waals surface area contributed by atoms with Crippen molar-refractivity contribution in [3.63, 3.8) is 0 Å². The molecule has 0 heterocycles. The van der Waals surface area contributed by atoms with Gasteiger partial charge in [-0.2, -0.15) is 0 Å². The van der Waals surface area contributed by atoms with Gasteiger partial charge in [-0.3, -0.25) is 0 Å². The van der Waals surface area contributed by atoms with Crippen molar-refractivity contribution in [2.24, 2.45) is 5.73 Å². The molecular weight excluding hydrogens is 174 g/mol. The summed E-state index contributed by atoms with van der Waals surface area (Å²) < 4.78 is 0. The smallest absolute Gasteiger partial charge is 0.0560 e. The van der Waals surface area contributed by atoms with Crippen molar-refractivity contribution in [3.05, 3.63) is 35.9 Å². The average molecular weight is 191 g/mol. The predicted octanol–water partition coefficient (Wildman–Crippen LogP) is 1.64. The summed E-state index contributed by atoms with van der Waals surface area (Å²) in [5.74, 6) is 0.440. The molecule has 1 saturated carbocycles. The molecular formula is C12H17NO. The monoisotopic (exact) mass is 191 g/mol. The number of nitrogens with two attached hydrogens (primary N) is 1. The molecule has 0 spiro atoms. The van der Waals surface area contributed by atoms with Crippen molar-refractivity contribution in [1.29, 1.82) is 0 Å². The minimum atomic E-state index is -0.219. The average Bonchev–Trinajstić information content (AvgIpc) is 2.18. The van der Waals surface area contributed by atoms with Crippen molar-refractivity contribution >= 4 is 0 Å². The van der Waals surface area contributed by atoms with Crippen LogP contribution in [0.25, 0.3) is 0 Å². The number of hydrogen-bond acceptors (Lipinski definition) is 2. The minimum Gasteiger partial charge on any atom is -0.393 e. The van der Waals surface area contributed by atoms with E-state index in [1.807, 2.05) is 18.2 Å². The lowest BCUT2D eigenvalue weighted by Gasteiger charge is -2.30. The molecule has 0 radical (unpaired) electrons. The molecule has 0 aromatic heterocycles. The van der Waals surface area contributed by atoms with Gasteiger partial charge in [0.05, 0.1) is 6.10 Å². The maximum Gasteiger partial charge on any atom is 0.0560 e. The first-order valence-electron chi connectivity index (χ1n) is 5.24. The second-order valence-corrected chi connectivity index (χ2v) is 4.23. The van der Waals surface area contributed by atoms with Gasteiger partial charge in [-0.25, -0.2) is 0 Å². The van der Waals surface area contributed by atoms with Crippen molar-refractivity contribution in [1.82, 2.24) is 0 Å². The Morgan fingerprint density at radius 2 is 1.79 bits per heavy atom. The molecule has 0 saturated heterocycles. The lowest BCUT2D eigenvalue weighted by Crippen LogP contribution is -2.34. The van der Waals surface area contributed by atoms with Crippen LogP contribution in [0.4, 0.5) is 0 Å². The summed E-state index contributed by atoms with van der Waals surface area (Å²) in [4.78, 5) is 0. The Balaban J connectivity index is 2.11. The van der Waals surface area contributed by atoms with Crippen LogP contribution in [-0.4, -0.2) is 17.3 Å². The van der Waals surface area contributed by atoms with Gasteiger partial charge in [0.1, 0.15) is 0 Å². The highest BCUT2D eigenvalue weighted by molar-refractivity contribution is 5.20. The third-order valence-electron chi connectivity index (χ3n) is 2.99. The summed E-state index contributed by atoms with van der Waals surface area (Å²) >= 11 is 0. The molecule has 0 aliphatic heterocycles. The molecule has 0 bridgehead atoms. The third kappa shape index (κ3) is 2.14. The Morgan fingerprint density at radius 3 is 2.43 bits per heavy atom. The number of hydrogen-bond donors (Lipinski definition) is 2. The van der Waals surface area contributed by atoms with E-state index in [-0.39, 0.29) is 12.1 Å². The van der Waals surface area contributed by atoms with Crippen molar-refractivity contribution in [2.75, 3.05) is 0 Å². The van der Waals surface area contributed by atoms with Gasteiger partial charge in [0.15, 0.2) is 0 Å². The molecule has 3 unspecified atom stereocenters. The lowest BCUT2D eigenvalue weighted by atomic mass is 9.80. The van der Waals surface area contributed by atoms with E-state index in [0.29, 0.717) is 5.92 Å². The molecule has 0 amide bonds. The standard InChI is InChI=1S/C12H17NO/c13-11-6-10(7-12(14)8-11)9-4-2-1-3-5-9/h1-5,10-12,14H,6-8,13H2. The SMILES string of the molecule is NC1CC(O)CC(c2ccccc2)C1. The van der Waals surface area contributed by atoms with Gasteiger partial charge in [-0.1, -0.05) is 30.3 Å². The van der Waals surface area contributed by atoms with Gasteiger partial charge in [0.25, 0.3) is 0 Å². The second-order valence-electron chi connectivity index (χ2n) is 4.23. The number of aliphatic hydroxyl groups excluding tert-OH is 1. The van der Waals surface area contributed by atoms with Crippen LogP contribution in [0.2, 0.25) is 0 Å². The van der Waals surface area contributed by atoms with Crippen LogP contribution in [0.15, 0.2) is 30.3 Å². The van der Waals surface area contributed by atoms with Gasteiger partial charge in [-0.15, -0.1) is 0 Å². The van der Waals surface area contributed by atoms with Gasteiger partial charge >= 0.3 is 0 Å². The first-order valence-corrected chi connectivity index (χ1v) is 5.24. The first-order chi connectivity index (χ1) is 6.75. The zero-order valence-corrected chi connectivity index (χ0v) is 8.26. The molecule has 1 aliphatic carbocycles. The van der Waals surface area contributed by atoms with Crippen molar-refractivity contribution < 1.29 is 5.11 Å². The van der Waals surface area contributed by atoms with E-state index >= 15 is 0 Å². The number of benzene rings is 1. The Morgan fingerprint density at radius 1 is 1.07 bits per heavy atom. The molecule has 1 aliphatic rings. The summed E-state index contributed by atoms with van der Waals surface area (Å²) in [5, 5.41) is 9.63. The van der Waals surface area contributed by atoms with E-state index in [0.717, 1.165) is 19.3 Å². The Labute approximate surface area is 84.7 Å². The summed E-state index contributed by atoms with van der Waals surface area (Å²) in [5.41, 5.74) is 7.20. The molecule has 76 valence electrons. The topological polar surface area (TPSA) is 46.2 Å². The quantitative estimate of drug-likeness (QED) is 0.709. The Bertz CT molecular complexity index is 276. The van der Waals surface area contributed by atoms with Crippen LogP contribution < -0.4 is 5.73 Å². The summed E-state index contributed by atoms with van der Waals surface area (Å²) in [6, 6.07) is 10.5. The van der Waals surface area contributed by atoms with Gasteiger partial charge < -0.3 is 10.8 Å². The second kappa shape index (κ2) is 4.11. The maximum atomic E-state index is 9.63. The first kappa shape index (κ1) is 9.69. The summed E-state index contributed by atoms with van der Waals surface area (Å²) in [6.07, 6.45) is 2.39. The van der Waals surface area contributed by atoms with Gasteiger partial charge in [0.2, 0.25) is 0 Å². The van der Waals surface area contributed by atoms with E-state index < -0.39 is 0 Å². The van der Waals surface area contributed by atoms with Crippen LogP contribution in [0.5, 0.6) is 0 Å². The fraction of sp³-hybridized carbons (Fsp3) is 0.500. The molecule has 2 heteroatoms. The van der Waals surface area contributed by atoms with Crippen LogP contribution >= 0.6 is 0 Å². The van der Waals surface area contributed by atoms with E-state index in [4.69, 9.17) is 5.73 Å². The number of rotatable bonds is 1. The van der Waals surface area contributed by atoms with Gasteiger partial charge in [-0.05, 0) is 30.7 Å². The van der Waals surface area contributed by atoms with Crippen LogP contribution in [0.3, 0.4) is 0 Å². The third-order valence-corrected chi connectivity index (χ3v) is 2.99. The molecule has 2 rings (SSSR count). The van der Waals surface area contributed by atoms with Crippen LogP contribution in [0, 0.1) is 0 Å². The fourth-order valence-corrected chi connectivity index (χ4v) is 2.33. The molecule has 2 nitrogen and oxygen atoms in total. The highest BCUT2D eigenvalue weighted by atomic mass is 16.3. The summed E-state index contributed by atoms with van der Waals surface area (Å²) in [7, 11) is 0. The van der Waals surface area contributed by atoms with E-state index in [1.54, 1.807) is 0 Å². The normalized spacial score (nSPS) is 32.9. The van der Waals surface area contributed by atoms with E-state index in [9.17, 15) is 5.11 Å². The van der Waals surface area contributed by atoms with E-state index in [1.165, 1.54) is 5.56 Å². The fourth-order valence-electron chi connectivity index (χ4n) is 2.33. The Hall–Kier alpha value is -0.860. The zero-order chi connectivity index (χ0) is 9.97. The molecule has 1 fully saturated rings. The van der Waals surface area contributed by atoms with Crippen LogP contribution in [0.1, 0.15) is 30.7 Å². The zero-order valence-electron chi connectivity index (χ0n) is 8.26. The summed E-state index contributed by atoms with van der Waals surface area (Å²) in [6.45, 7) is 0. The van der Waals surface area contributed by atoms with Crippen molar-refractivity contribution in [3.8, 4) is 0 Å². The highest BCUT2D eigenvalue weighted by Crippen LogP contribution is 2.31.